The Hall–Kier alpha value is -0.480. The van der Waals surface area contributed by atoms with Crippen molar-refractivity contribution in [3.8, 4) is 0 Å². The van der Waals surface area contributed by atoms with Gasteiger partial charge >= 0.3 is 0 Å². The monoisotopic (exact) mass is 227 g/mol. The van der Waals surface area contributed by atoms with E-state index in [0.717, 1.165) is 25.1 Å². The van der Waals surface area contributed by atoms with Gasteiger partial charge < -0.3 is 5.73 Å². The van der Waals surface area contributed by atoms with E-state index >= 15 is 0 Å². The number of allylic oxidation sites excluding steroid dienone is 2. The Morgan fingerprint density at radius 1 is 1.60 bits per heavy atom. The minimum atomic E-state index is 0.173. The molecule has 1 aliphatic carbocycles. The molecule has 3 nitrogen and oxygen atoms in total. The lowest BCUT2D eigenvalue weighted by Gasteiger charge is -2.08. The first-order chi connectivity index (χ1) is 7.22. The van der Waals surface area contributed by atoms with E-state index in [-0.39, 0.29) is 5.54 Å². The average Bonchev–Trinajstić information content (AvgIpc) is 2.96. The maximum absolute atomic E-state index is 5.78. The van der Waals surface area contributed by atoms with Gasteiger partial charge in [-0.2, -0.15) is 0 Å². The van der Waals surface area contributed by atoms with Crippen molar-refractivity contribution < 1.29 is 0 Å². The van der Waals surface area contributed by atoms with E-state index in [9.17, 15) is 0 Å². The van der Waals surface area contributed by atoms with Crippen LogP contribution < -0.4 is 10.5 Å². The fraction of sp³-hybridized carbons (Fsp3) is 0.727. The molecule has 0 aromatic heterocycles. The summed E-state index contributed by atoms with van der Waals surface area (Å²) < 4.78 is 3.27. The highest BCUT2D eigenvalue weighted by molar-refractivity contribution is 7.96. The van der Waals surface area contributed by atoms with Gasteiger partial charge in [0, 0.05) is 18.5 Å². The van der Waals surface area contributed by atoms with Gasteiger partial charge in [0.25, 0.3) is 0 Å². The predicted octanol–water partition coefficient (Wildman–Crippen LogP) is 2.10. The highest BCUT2D eigenvalue weighted by atomic mass is 32.2. The fourth-order valence-electron chi connectivity index (χ4n) is 1.37. The van der Waals surface area contributed by atoms with Gasteiger partial charge in [-0.05, 0) is 31.6 Å². The molecule has 1 fully saturated rings. The highest BCUT2D eigenvalue weighted by Gasteiger charge is 2.41. The molecule has 1 saturated carbocycles. The van der Waals surface area contributed by atoms with Crippen LogP contribution in [-0.2, 0) is 0 Å². The number of hydrogen-bond acceptors (Lipinski definition) is 4. The van der Waals surface area contributed by atoms with Crippen LogP contribution in [0.2, 0.25) is 0 Å². The summed E-state index contributed by atoms with van der Waals surface area (Å²) in [4.78, 5) is 4.57. The van der Waals surface area contributed by atoms with E-state index in [4.69, 9.17) is 5.73 Å². The van der Waals surface area contributed by atoms with E-state index in [0.29, 0.717) is 0 Å². The lowest BCUT2D eigenvalue weighted by Crippen LogP contribution is -2.21. The number of nitrogens with zero attached hydrogens (tertiary/aromatic N) is 1. The van der Waals surface area contributed by atoms with E-state index < -0.39 is 0 Å². The third-order valence-corrected chi connectivity index (χ3v) is 2.98. The van der Waals surface area contributed by atoms with Crippen molar-refractivity contribution in [1.29, 1.82) is 0 Å². The van der Waals surface area contributed by atoms with Gasteiger partial charge in [0.1, 0.15) is 0 Å². The third-order valence-electron chi connectivity index (χ3n) is 2.55. The summed E-state index contributed by atoms with van der Waals surface area (Å²) in [5.41, 5.74) is 6.88. The first kappa shape index (κ1) is 12.6. The summed E-state index contributed by atoms with van der Waals surface area (Å²) in [5, 5.41) is 0. The number of aliphatic imine (C=N–C) groups is 1. The molecule has 0 aliphatic heterocycles. The Morgan fingerprint density at radius 2 is 2.33 bits per heavy atom. The predicted molar refractivity (Wildman–Crippen MR) is 69.2 cm³/mol. The minimum absolute atomic E-state index is 0.173. The van der Waals surface area contributed by atoms with Crippen molar-refractivity contribution in [1.82, 2.24) is 4.72 Å². The normalized spacial score (nSPS) is 19.7. The zero-order chi connectivity index (χ0) is 11.1. The van der Waals surface area contributed by atoms with Gasteiger partial charge in [-0.15, -0.1) is 0 Å². The van der Waals surface area contributed by atoms with Crippen molar-refractivity contribution in [2.24, 2.45) is 10.7 Å². The molecule has 0 bridgehead atoms. The SMILES string of the molecule is CCCC(N)=CC=NC1(CNSC)CC1. The van der Waals surface area contributed by atoms with Gasteiger partial charge in [0.2, 0.25) is 0 Å². The van der Waals surface area contributed by atoms with Crippen LogP contribution in [0.4, 0.5) is 0 Å². The molecular weight excluding hydrogens is 206 g/mol. The van der Waals surface area contributed by atoms with E-state index in [1.54, 1.807) is 11.9 Å². The highest BCUT2D eigenvalue weighted by Crippen LogP contribution is 2.39. The van der Waals surface area contributed by atoms with Gasteiger partial charge in [-0.3, -0.25) is 9.71 Å². The lowest BCUT2D eigenvalue weighted by atomic mass is 10.2. The van der Waals surface area contributed by atoms with Gasteiger partial charge in [0.05, 0.1) is 5.54 Å². The zero-order valence-electron chi connectivity index (χ0n) is 9.62. The number of nitrogens with one attached hydrogen (secondary N) is 1. The molecule has 1 aliphatic rings. The Labute approximate surface area is 96.7 Å². The van der Waals surface area contributed by atoms with Crippen molar-refractivity contribution in [2.75, 3.05) is 12.8 Å². The topological polar surface area (TPSA) is 50.4 Å². The van der Waals surface area contributed by atoms with E-state index in [1.807, 2.05) is 18.5 Å². The molecule has 0 atom stereocenters. The molecule has 0 heterocycles. The van der Waals surface area contributed by atoms with E-state index in [2.05, 4.69) is 16.6 Å². The molecule has 0 spiro atoms. The summed E-state index contributed by atoms with van der Waals surface area (Å²) >= 11 is 1.65. The van der Waals surface area contributed by atoms with Crippen molar-refractivity contribution in [2.45, 2.75) is 38.1 Å². The van der Waals surface area contributed by atoms with Crippen molar-refractivity contribution in [3.05, 3.63) is 11.8 Å². The van der Waals surface area contributed by atoms with Crippen LogP contribution in [0.25, 0.3) is 0 Å². The Kier molecular flexibility index (Phi) is 5.19. The van der Waals surface area contributed by atoms with Crippen LogP contribution in [0.3, 0.4) is 0 Å². The number of nitrogens with two attached hydrogens (primary N) is 1. The molecule has 86 valence electrons. The molecule has 1 rings (SSSR count). The maximum Gasteiger partial charge on any atom is 0.0743 e. The first-order valence-corrected chi connectivity index (χ1v) is 6.70. The Balaban J connectivity index is 2.33. The van der Waals surface area contributed by atoms with E-state index in [1.165, 1.54) is 12.8 Å². The molecule has 0 aromatic rings. The summed E-state index contributed by atoms with van der Waals surface area (Å²) in [6.07, 6.45) is 10.3. The van der Waals surface area contributed by atoms with Crippen molar-refractivity contribution in [3.63, 3.8) is 0 Å². The molecule has 0 aromatic carbocycles. The van der Waals surface area contributed by atoms with Crippen LogP contribution in [0.5, 0.6) is 0 Å². The van der Waals surface area contributed by atoms with Crippen LogP contribution in [0, 0.1) is 0 Å². The number of rotatable bonds is 7. The second kappa shape index (κ2) is 6.18. The standard InChI is InChI=1S/C11H21N3S/c1-3-4-10(12)5-8-13-11(6-7-11)9-14-15-2/h5,8,14H,3-4,6-7,9,12H2,1-2H3. The van der Waals surface area contributed by atoms with Gasteiger partial charge in [-0.1, -0.05) is 25.3 Å². The Morgan fingerprint density at radius 3 is 2.87 bits per heavy atom. The average molecular weight is 227 g/mol. The van der Waals surface area contributed by atoms with Gasteiger partial charge in [0.15, 0.2) is 0 Å². The van der Waals surface area contributed by atoms with Crippen LogP contribution in [-0.4, -0.2) is 24.6 Å². The molecule has 3 N–H and O–H groups in total. The summed E-state index contributed by atoms with van der Waals surface area (Å²) in [6.45, 7) is 3.09. The van der Waals surface area contributed by atoms with Crippen LogP contribution in [0.1, 0.15) is 32.6 Å². The second-order valence-electron chi connectivity index (χ2n) is 4.02. The minimum Gasteiger partial charge on any atom is -0.402 e. The smallest absolute Gasteiger partial charge is 0.0743 e. The molecule has 0 unspecified atom stereocenters. The summed E-state index contributed by atoms with van der Waals surface area (Å²) in [7, 11) is 0. The molecule has 0 amide bonds. The van der Waals surface area contributed by atoms with Crippen LogP contribution >= 0.6 is 11.9 Å². The van der Waals surface area contributed by atoms with Crippen LogP contribution in [0.15, 0.2) is 16.8 Å². The lowest BCUT2D eigenvalue weighted by molar-refractivity contribution is 0.670. The molecule has 15 heavy (non-hydrogen) atoms. The largest absolute Gasteiger partial charge is 0.402 e. The quantitative estimate of drug-likeness (QED) is 0.517. The third kappa shape index (κ3) is 4.71. The molecule has 4 heteroatoms. The first-order valence-electron chi connectivity index (χ1n) is 5.48. The summed E-state index contributed by atoms with van der Waals surface area (Å²) in [6, 6.07) is 0. The molecular formula is C11H21N3S. The summed E-state index contributed by atoms with van der Waals surface area (Å²) in [5.74, 6) is 0. The molecule has 0 saturated heterocycles. The second-order valence-corrected chi connectivity index (χ2v) is 4.72. The Bertz CT molecular complexity index is 244. The zero-order valence-corrected chi connectivity index (χ0v) is 10.4. The number of hydrogen-bond donors (Lipinski definition) is 2. The maximum atomic E-state index is 5.78. The fourth-order valence-corrected chi connectivity index (χ4v) is 1.78. The van der Waals surface area contributed by atoms with Crippen molar-refractivity contribution >= 4 is 18.2 Å². The van der Waals surface area contributed by atoms with Gasteiger partial charge in [-0.25, -0.2) is 0 Å². The molecule has 0 radical (unpaired) electrons.